The first-order valence-electron chi connectivity index (χ1n) is 4.12. The Morgan fingerprint density at radius 3 is 2.57 bits per heavy atom. The quantitative estimate of drug-likeness (QED) is 0.854. The largest absolute Gasteiger partial charge is 0.379 e. The van der Waals surface area contributed by atoms with Crippen LogP contribution >= 0.6 is 34.3 Å². The minimum atomic E-state index is -0.959. The highest BCUT2D eigenvalue weighted by molar-refractivity contribution is 7.12. The summed E-state index contributed by atoms with van der Waals surface area (Å²) in [4.78, 5) is 1.73. The molecule has 0 amide bonds. The molecular weight excluding hydrogens is 236 g/mol. The van der Waals surface area contributed by atoms with Gasteiger partial charge in [-0.05, 0) is 29.8 Å². The Morgan fingerprint density at radius 1 is 1.29 bits per heavy atom. The van der Waals surface area contributed by atoms with E-state index < -0.39 is 5.60 Å². The van der Waals surface area contributed by atoms with Crippen molar-refractivity contribution in [2.24, 2.45) is 0 Å². The molecule has 0 saturated heterocycles. The molecule has 0 radical (unpaired) electrons. The third-order valence-electron chi connectivity index (χ3n) is 2.06. The zero-order chi connectivity index (χ0) is 10.2. The van der Waals surface area contributed by atoms with Crippen LogP contribution in [-0.4, -0.2) is 5.11 Å². The van der Waals surface area contributed by atoms with E-state index in [1.165, 1.54) is 22.7 Å². The van der Waals surface area contributed by atoms with E-state index in [2.05, 4.69) is 0 Å². The molecule has 0 bridgehead atoms. The molecule has 0 aliphatic rings. The monoisotopic (exact) mass is 244 g/mol. The van der Waals surface area contributed by atoms with Gasteiger partial charge in [-0.15, -0.1) is 22.7 Å². The van der Waals surface area contributed by atoms with Gasteiger partial charge in [-0.25, -0.2) is 0 Å². The maximum Gasteiger partial charge on any atom is 0.131 e. The fraction of sp³-hybridized carbons (Fsp3) is 0.200. The highest BCUT2D eigenvalue weighted by Crippen LogP contribution is 2.39. The summed E-state index contributed by atoms with van der Waals surface area (Å²) in [5.74, 6) is 0. The molecule has 4 heteroatoms. The Hall–Kier alpha value is -0.350. The van der Waals surface area contributed by atoms with E-state index in [-0.39, 0.29) is 0 Å². The summed E-state index contributed by atoms with van der Waals surface area (Å²) in [6.07, 6.45) is 0. The molecule has 14 heavy (non-hydrogen) atoms. The molecule has 1 atom stereocenters. The molecule has 0 aliphatic heterocycles. The predicted molar refractivity (Wildman–Crippen MR) is 62.3 cm³/mol. The Kier molecular flexibility index (Phi) is 2.66. The van der Waals surface area contributed by atoms with E-state index >= 15 is 0 Å². The van der Waals surface area contributed by atoms with Crippen LogP contribution in [0.5, 0.6) is 0 Å². The highest BCUT2D eigenvalue weighted by atomic mass is 35.5. The van der Waals surface area contributed by atoms with E-state index in [1.54, 1.807) is 6.92 Å². The van der Waals surface area contributed by atoms with Gasteiger partial charge in [0.15, 0.2) is 0 Å². The van der Waals surface area contributed by atoms with Crippen LogP contribution in [0, 0.1) is 0 Å². The second kappa shape index (κ2) is 3.66. The minimum absolute atomic E-state index is 0.633. The Morgan fingerprint density at radius 2 is 2.07 bits per heavy atom. The van der Waals surface area contributed by atoms with Crippen LogP contribution in [0.3, 0.4) is 0 Å². The van der Waals surface area contributed by atoms with Crippen molar-refractivity contribution < 1.29 is 5.11 Å². The summed E-state index contributed by atoms with van der Waals surface area (Å²) in [5.41, 5.74) is -0.959. The van der Waals surface area contributed by atoms with Crippen LogP contribution in [0.25, 0.3) is 0 Å². The summed E-state index contributed by atoms with van der Waals surface area (Å²) < 4.78 is 0. The molecule has 2 rings (SSSR count). The third kappa shape index (κ3) is 1.61. The molecule has 2 heterocycles. The van der Waals surface area contributed by atoms with Gasteiger partial charge in [0, 0.05) is 4.88 Å². The standard InChI is InChI=1S/C10H9ClOS2/c1-10(12,8-3-2-5-13-8)9-7(11)4-6-14-9/h2-6,12H,1H3. The van der Waals surface area contributed by atoms with Gasteiger partial charge in [-0.2, -0.15) is 0 Å². The molecule has 0 aromatic carbocycles. The molecular formula is C10H9ClOS2. The van der Waals surface area contributed by atoms with Gasteiger partial charge in [0.2, 0.25) is 0 Å². The smallest absolute Gasteiger partial charge is 0.131 e. The summed E-state index contributed by atoms with van der Waals surface area (Å²) in [5, 5.41) is 14.8. The average Bonchev–Trinajstić information content (AvgIpc) is 2.72. The first-order chi connectivity index (χ1) is 6.62. The van der Waals surface area contributed by atoms with Gasteiger partial charge >= 0.3 is 0 Å². The fourth-order valence-corrected chi connectivity index (χ4v) is 3.48. The Labute approximate surface area is 95.6 Å². The maximum absolute atomic E-state index is 10.4. The first-order valence-corrected chi connectivity index (χ1v) is 6.26. The first kappa shape index (κ1) is 10.2. The molecule has 74 valence electrons. The molecule has 0 fully saturated rings. The molecule has 2 aromatic rings. The number of hydrogen-bond acceptors (Lipinski definition) is 3. The Bertz CT molecular complexity index is 417. The topological polar surface area (TPSA) is 20.2 Å². The van der Waals surface area contributed by atoms with Crippen molar-refractivity contribution in [1.29, 1.82) is 0 Å². The van der Waals surface area contributed by atoms with Crippen molar-refractivity contribution in [2.45, 2.75) is 12.5 Å². The van der Waals surface area contributed by atoms with Crippen LogP contribution in [-0.2, 0) is 5.60 Å². The number of rotatable bonds is 2. The van der Waals surface area contributed by atoms with Crippen LogP contribution in [0.4, 0.5) is 0 Å². The molecule has 0 aliphatic carbocycles. The zero-order valence-corrected chi connectivity index (χ0v) is 9.92. The molecule has 0 saturated carbocycles. The van der Waals surface area contributed by atoms with Crippen LogP contribution in [0.1, 0.15) is 16.7 Å². The minimum Gasteiger partial charge on any atom is -0.379 e. The lowest BCUT2D eigenvalue weighted by Crippen LogP contribution is -2.19. The zero-order valence-electron chi connectivity index (χ0n) is 7.53. The van der Waals surface area contributed by atoms with Crippen LogP contribution < -0.4 is 0 Å². The van der Waals surface area contributed by atoms with Gasteiger partial charge in [0.25, 0.3) is 0 Å². The normalized spacial score (nSPS) is 15.4. The van der Waals surface area contributed by atoms with Crippen molar-refractivity contribution in [3.63, 3.8) is 0 Å². The van der Waals surface area contributed by atoms with E-state index in [0.717, 1.165) is 9.75 Å². The van der Waals surface area contributed by atoms with Crippen LogP contribution in [0.2, 0.25) is 5.02 Å². The van der Waals surface area contributed by atoms with E-state index in [0.29, 0.717) is 5.02 Å². The van der Waals surface area contributed by atoms with Gasteiger partial charge < -0.3 is 5.11 Å². The number of aliphatic hydroxyl groups is 1. The molecule has 1 unspecified atom stereocenters. The highest BCUT2D eigenvalue weighted by Gasteiger charge is 2.30. The molecule has 2 aromatic heterocycles. The summed E-state index contributed by atoms with van der Waals surface area (Å²) in [6, 6.07) is 5.65. The molecule has 1 N–H and O–H groups in total. The van der Waals surface area contributed by atoms with Gasteiger partial charge in [-0.3, -0.25) is 0 Å². The van der Waals surface area contributed by atoms with Crippen molar-refractivity contribution in [1.82, 2.24) is 0 Å². The number of hydrogen-bond donors (Lipinski definition) is 1. The lowest BCUT2D eigenvalue weighted by molar-refractivity contribution is 0.110. The third-order valence-corrected chi connectivity index (χ3v) is 4.69. The average molecular weight is 245 g/mol. The van der Waals surface area contributed by atoms with Crippen molar-refractivity contribution in [3.05, 3.63) is 43.7 Å². The Balaban J connectivity index is 2.48. The second-order valence-electron chi connectivity index (χ2n) is 3.15. The number of thiophene rings is 2. The maximum atomic E-state index is 10.4. The van der Waals surface area contributed by atoms with Crippen molar-refractivity contribution >= 4 is 34.3 Å². The van der Waals surface area contributed by atoms with Gasteiger partial charge in [-0.1, -0.05) is 17.7 Å². The van der Waals surface area contributed by atoms with Crippen molar-refractivity contribution in [2.75, 3.05) is 0 Å². The van der Waals surface area contributed by atoms with Crippen molar-refractivity contribution in [3.8, 4) is 0 Å². The van der Waals surface area contributed by atoms with Gasteiger partial charge in [0.05, 0.1) is 9.90 Å². The number of halogens is 1. The SMILES string of the molecule is CC(O)(c1cccs1)c1sccc1Cl. The van der Waals surface area contributed by atoms with Gasteiger partial charge in [0.1, 0.15) is 5.60 Å². The van der Waals surface area contributed by atoms with Crippen LogP contribution in [0.15, 0.2) is 29.0 Å². The lowest BCUT2D eigenvalue weighted by atomic mass is 10.0. The predicted octanol–water partition coefficient (Wildman–Crippen LogP) is 3.72. The summed E-state index contributed by atoms with van der Waals surface area (Å²) in [7, 11) is 0. The molecule has 0 spiro atoms. The van der Waals surface area contributed by atoms with E-state index in [4.69, 9.17) is 11.6 Å². The summed E-state index contributed by atoms with van der Waals surface area (Å²) in [6.45, 7) is 1.77. The lowest BCUT2D eigenvalue weighted by Gasteiger charge is -2.20. The fourth-order valence-electron chi connectivity index (χ4n) is 1.31. The second-order valence-corrected chi connectivity index (χ2v) is 5.42. The van der Waals surface area contributed by atoms with E-state index in [1.807, 2.05) is 29.0 Å². The summed E-state index contributed by atoms with van der Waals surface area (Å²) >= 11 is 9.01. The molecule has 1 nitrogen and oxygen atoms in total. The van der Waals surface area contributed by atoms with E-state index in [9.17, 15) is 5.11 Å².